The van der Waals surface area contributed by atoms with Crippen LogP contribution in [0.15, 0.2) is 57.3 Å². The number of benzene rings is 2. The fourth-order valence-electron chi connectivity index (χ4n) is 2.20. The van der Waals surface area contributed by atoms with E-state index in [1.54, 1.807) is 12.1 Å². The Labute approximate surface area is 167 Å². The Hall–Kier alpha value is -2.30. The number of hydrogen-bond acceptors (Lipinski definition) is 5. The van der Waals surface area contributed by atoms with Crippen molar-refractivity contribution in [2.75, 3.05) is 10.0 Å². The predicted molar refractivity (Wildman–Crippen MR) is 106 cm³/mol. The highest BCUT2D eigenvalue weighted by atomic mass is 79.9. The molecule has 2 aromatic carbocycles. The van der Waals surface area contributed by atoms with Crippen LogP contribution in [0.3, 0.4) is 0 Å². The van der Waals surface area contributed by atoms with Gasteiger partial charge in [0.2, 0.25) is 0 Å². The lowest BCUT2D eigenvalue weighted by Crippen LogP contribution is -2.19. The molecule has 0 radical (unpaired) electrons. The second kappa shape index (κ2) is 7.75. The van der Waals surface area contributed by atoms with Crippen molar-refractivity contribution in [1.82, 2.24) is 4.98 Å². The lowest BCUT2D eigenvalue weighted by molar-refractivity contribution is 0.102. The summed E-state index contributed by atoms with van der Waals surface area (Å²) in [5.41, 5.74) is 0.705. The number of nitrogens with zero attached hydrogens (tertiary/aromatic N) is 1. The van der Waals surface area contributed by atoms with E-state index in [2.05, 4.69) is 31.0 Å². The Morgan fingerprint density at radius 2 is 1.89 bits per heavy atom. The monoisotopic (exact) mass is 469 g/mol. The van der Waals surface area contributed by atoms with Crippen LogP contribution in [0.1, 0.15) is 15.9 Å². The summed E-state index contributed by atoms with van der Waals surface area (Å²) < 4.78 is 41.8. The summed E-state index contributed by atoms with van der Waals surface area (Å²) in [5, 5.41) is 2.88. The number of aryl methyl sites for hydroxylation is 1. The maximum Gasteiger partial charge on any atom is 0.261 e. The minimum Gasteiger partial charge on any atom is -0.298 e. The van der Waals surface area contributed by atoms with Gasteiger partial charge in [-0.2, -0.15) is 0 Å². The van der Waals surface area contributed by atoms with Gasteiger partial charge >= 0.3 is 0 Å². The van der Waals surface area contributed by atoms with E-state index < -0.39 is 21.7 Å². The van der Waals surface area contributed by atoms with Crippen LogP contribution < -0.4 is 10.0 Å². The summed E-state index contributed by atoms with van der Waals surface area (Å²) in [6.45, 7) is 1.83. The number of hydrogen-bond donors (Lipinski definition) is 2. The number of rotatable bonds is 5. The first-order valence-electron chi connectivity index (χ1n) is 7.56. The minimum absolute atomic E-state index is 0.00701. The van der Waals surface area contributed by atoms with Crippen molar-refractivity contribution in [3.8, 4) is 0 Å². The standard InChI is InChI=1S/C17H13BrFN3O3S2/c1-10-2-5-12(6-3-10)27(24,25)22-14-8-11(19)4-7-13(14)16(23)21-17-20-9-15(18)26-17/h2-9,22H,1H3,(H,20,21,23). The average molecular weight is 470 g/mol. The molecular weight excluding hydrogens is 457 g/mol. The summed E-state index contributed by atoms with van der Waals surface area (Å²) in [6, 6.07) is 9.41. The molecule has 6 nitrogen and oxygen atoms in total. The zero-order valence-electron chi connectivity index (χ0n) is 13.9. The molecule has 10 heteroatoms. The first-order valence-corrected chi connectivity index (χ1v) is 10.7. The summed E-state index contributed by atoms with van der Waals surface area (Å²) in [4.78, 5) is 16.5. The fraction of sp³-hybridized carbons (Fsp3) is 0.0588. The number of nitrogens with one attached hydrogen (secondary N) is 2. The topological polar surface area (TPSA) is 88.2 Å². The SMILES string of the molecule is Cc1ccc(S(=O)(=O)Nc2cc(F)ccc2C(=O)Nc2ncc(Br)s2)cc1. The zero-order chi connectivity index (χ0) is 19.6. The number of sulfonamides is 1. The minimum atomic E-state index is -3.99. The van der Waals surface area contributed by atoms with E-state index in [1.807, 2.05) is 6.92 Å². The lowest BCUT2D eigenvalue weighted by atomic mass is 10.1. The highest BCUT2D eigenvalue weighted by Gasteiger charge is 2.20. The normalized spacial score (nSPS) is 11.2. The Balaban J connectivity index is 1.92. The quantitative estimate of drug-likeness (QED) is 0.579. The van der Waals surface area contributed by atoms with Crippen molar-refractivity contribution in [2.24, 2.45) is 0 Å². The molecule has 3 aromatic rings. The molecule has 2 N–H and O–H groups in total. The fourth-order valence-corrected chi connectivity index (χ4v) is 4.37. The van der Waals surface area contributed by atoms with Gasteiger partial charge in [-0.05, 0) is 53.2 Å². The second-order valence-corrected chi connectivity index (χ2v) is 9.62. The summed E-state index contributed by atoms with van der Waals surface area (Å²) in [7, 11) is -3.99. The molecule has 140 valence electrons. The van der Waals surface area contributed by atoms with Crippen molar-refractivity contribution in [1.29, 1.82) is 0 Å². The van der Waals surface area contributed by atoms with Gasteiger partial charge in [-0.25, -0.2) is 17.8 Å². The molecule has 1 amide bonds. The first-order chi connectivity index (χ1) is 12.7. The number of amides is 1. The van der Waals surface area contributed by atoms with E-state index in [0.717, 1.165) is 21.5 Å². The van der Waals surface area contributed by atoms with E-state index in [1.165, 1.54) is 35.7 Å². The maximum atomic E-state index is 13.7. The van der Waals surface area contributed by atoms with Gasteiger partial charge in [0.25, 0.3) is 15.9 Å². The molecule has 0 fully saturated rings. The van der Waals surface area contributed by atoms with Crippen LogP contribution in [0.2, 0.25) is 0 Å². The second-order valence-electron chi connectivity index (χ2n) is 5.53. The van der Waals surface area contributed by atoms with Gasteiger partial charge in [0, 0.05) is 0 Å². The van der Waals surface area contributed by atoms with E-state index in [4.69, 9.17) is 0 Å². The van der Waals surface area contributed by atoms with E-state index in [9.17, 15) is 17.6 Å². The molecule has 1 heterocycles. The van der Waals surface area contributed by atoms with Gasteiger partial charge in [-0.3, -0.25) is 14.8 Å². The first kappa shape index (κ1) is 19.5. The van der Waals surface area contributed by atoms with Gasteiger partial charge in [0.15, 0.2) is 5.13 Å². The summed E-state index contributed by atoms with van der Waals surface area (Å²) >= 11 is 4.43. The van der Waals surface area contributed by atoms with Crippen molar-refractivity contribution in [3.05, 3.63) is 69.4 Å². The predicted octanol–water partition coefficient (Wildman–Crippen LogP) is 4.41. The van der Waals surface area contributed by atoms with Crippen molar-refractivity contribution < 1.29 is 17.6 Å². The number of halogens is 2. The molecular formula is C17H13BrFN3O3S2. The van der Waals surface area contributed by atoms with Crippen LogP contribution >= 0.6 is 27.3 Å². The number of thiazole rings is 1. The molecule has 0 saturated heterocycles. The van der Waals surface area contributed by atoms with Crippen molar-refractivity contribution in [3.63, 3.8) is 0 Å². The summed E-state index contributed by atoms with van der Waals surface area (Å²) in [5.74, 6) is -1.29. The van der Waals surface area contributed by atoms with E-state index in [-0.39, 0.29) is 16.1 Å². The van der Waals surface area contributed by atoms with Crippen LogP contribution in [-0.4, -0.2) is 19.3 Å². The van der Waals surface area contributed by atoms with Gasteiger partial charge in [-0.1, -0.05) is 29.0 Å². The molecule has 0 bridgehead atoms. The number of carbonyl (C=O) groups is 1. The van der Waals surface area contributed by atoms with Crippen LogP contribution in [0.5, 0.6) is 0 Å². The molecule has 3 rings (SSSR count). The van der Waals surface area contributed by atoms with Crippen LogP contribution in [0.25, 0.3) is 0 Å². The Morgan fingerprint density at radius 1 is 1.19 bits per heavy atom. The van der Waals surface area contributed by atoms with E-state index in [0.29, 0.717) is 5.13 Å². The van der Waals surface area contributed by atoms with Crippen LogP contribution in [0.4, 0.5) is 15.2 Å². The molecule has 0 aliphatic carbocycles. The number of anilines is 2. The third kappa shape index (κ3) is 4.71. The number of carbonyl (C=O) groups excluding carboxylic acids is 1. The lowest BCUT2D eigenvalue weighted by Gasteiger charge is -2.12. The molecule has 0 spiro atoms. The van der Waals surface area contributed by atoms with E-state index >= 15 is 0 Å². The Bertz CT molecular complexity index is 1100. The zero-order valence-corrected chi connectivity index (χ0v) is 17.1. The Morgan fingerprint density at radius 3 is 2.52 bits per heavy atom. The smallest absolute Gasteiger partial charge is 0.261 e. The molecule has 0 aliphatic heterocycles. The molecule has 1 aromatic heterocycles. The third-order valence-corrected chi connectivity index (χ3v) is 6.27. The molecule has 27 heavy (non-hydrogen) atoms. The van der Waals surface area contributed by atoms with Crippen LogP contribution in [-0.2, 0) is 10.0 Å². The third-order valence-electron chi connectivity index (χ3n) is 3.50. The highest BCUT2D eigenvalue weighted by Crippen LogP contribution is 2.26. The van der Waals surface area contributed by atoms with Crippen molar-refractivity contribution >= 4 is 54.0 Å². The summed E-state index contributed by atoms with van der Waals surface area (Å²) in [6.07, 6.45) is 1.52. The average Bonchev–Trinajstić information content (AvgIpc) is 2.99. The van der Waals surface area contributed by atoms with Gasteiger partial charge < -0.3 is 0 Å². The van der Waals surface area contributed by atoms with Gasteiger partial charge in [0.05, 0.1) is 26.1 Å². The van der Waals surface area contributed by atoms with Gasteiger partial charge in [0.1, 0.15) is 5.82 Å². The highest BCUT2D eigenvalue weighted by molar-refractivity contribution is 9.11. The largest absolute Gasteiger partial charge is 0.298 e. The van der Waals surface area contributed by atoms with Gasteiger partial charge in [-0.15, -0.1) is 0 Å². The Kier molecular flexibility index (Phi) is 5.59. The maximum absolute atomic E-state index is 13.7. The molecule has 0 saturated carbocycles. The molecule has 0 atom stereocenters. The molecule has 0 aliphatic rings. The molecule has 0 unspecified atom stereocenters. The number of aromatic nitrogens is 1. The van der Waals surface area contributed by atoms with Crippen LogP contribution in [0, 0.1) is 12.7 Å². The van der Waals surface area contributed by atoms with Crippen molar-refractivity contribution in [2.45, 2.75) is 11.8 Å².